The predicted octanol–water partition coefficient (Wildman–Crippen LogP) is 2.32. The lowest BCUT2D eigenvalue weighted by atomic mass is 10.1. The standard InChI is InChI=1S/C12H16BrNO2/c13-12-5-11(2-1-10(12)6-14)16-8-9-3-4-15-7-9/h1-2,5,9H,3-4,6-8,14H2. The Balaban J connectivity index is 1.91. The molecule has 1 fully saturated rings. The Bertz CT molecular complexity index is 351. The minimum atomic E-state index is 0.535. The van der Waals surface area contributed by atoms with E-state index in [9.17, 15) is 0 Å². The fraction of sp³-hybridized carbons (Fsp3) is 0.500. The van der Waals surface area contributed by atoms with Gasteiger partial charge in [0.1, 0.15) is 5.75 Å². The molecule has 1 aliphatic heterocycles. The Morgan fingerprint density at radius 1 is 1.50 bits per heavy atom. The van der Waals surface area contributed by atoms with Gasteiger partial charge in [0.2, 0.25) is 0 Å². The van der Waals surface area contributed by atoms with Crippen LogP contribution in [0.1, 0.15) is 12.0 Å². The highest BCUT2D eigenvalue weighted by Crippen LogP contribution is 2.23. The quantitative estimate of drug-likeness (QED) is 0.924. The fourth-order valence-corrected chi connectivity index (χ4v) is 2.23. The van der Waals surface area contributed by atoms with Crippen LogP contribution in [0.4, 0.5) is 0 Å². The lowest BCUT2D eigenvalue weighted by Crippen LogP contribution is -2.11. The maximum atomic E-state index is 5.72. The van der Waals surface area contributed by atoms with E-state index < -0.39 is 0 Å². The molecule has 0 bridgehead atoms. The predicted molar refractivity (Wildman–Crippen MR) is 66.5 cm³/mol. The van der Waals surface area contributed by atoms with Crippen molar-refractivity contribution in [1.29, 1.82) is 0 Å². The molecule has 0 saturated carbocycles. The van der Waals surface area contributed by atoms with Gasteiger partial charge in [-0.1, -0.05) is 22.0 Å². The number of ether oxygens (including phenoxy) is 2. The monoisotopic (exact) mass is 285 g/mol. The van der Waals surface area contributed by atoms with E-state index in [0.29, 0.717) is 12.5 Å². The molecule has 4 heteroatoms. The number of rotatable bonds is 4. The molecule has 88 valence electrons. The summed E-state index contributed by atoms with van der Waals surface area (Å²) < 4.78 is 12.0. The minimum absolute atomic E-state index is 0.535. The van der Waals surface area contributed by atoms with Gasteiger partial charge in [0.05, 0.1) is 13.2 Å². The second kappa shape index (κ2) is 5.66. The summed E-state index contributed by atoms with van der Waals surface area (Å²) in [5, 5.41) is 0. The zero-order valence-electron chi connectivity index (χ0n) is 9.12. The van der Waals surface area contributed by atoms with Crippen molar-refractivity contribution < 1.29 is 9.47 Å². The van der Waals surface area contributed by atoms with Gasteiger partial charge in [-0.3, -0.25) is 0 Å². The van der Waals surface area contributed by atoms with Crippen LogP contribution in [0, 0.1) is 5.92 Å². The maximum absolute atomic E-state index is 5.72. The summed E-state index contributed by atoms with van der Waals surface area (Å²) in [5.41, 5.74) is 6.68. The van der Waals surface area contributed by atoms with Gasteiger partial charge in [0.15, 0.2) is 0 Å². The molecule has 0 aromatic heterocycles. The van der Waals surface area contributed by atoms with Gasteiger partial charge in [0, 0.05) is 23.5 Å². The van der Waals surface area contributed by atoms with Crippen LogP contribution >= 0.6 is 15.9 Å². The fourth-order valence-electron chi connectivity index (χ4n) is 1.71. The number of hydrogen-bond acceptors (Lipinski definition) is 3. The van der Waals surface area contributed by atoms with Gasteiger partial charge < -0.3 is 15.2 Å². The summed E-state index contributed by atoms with van der Waals surface area (Å²) in [4.78, 5) is 0. The Kier molecular flexibility index (Phi) is 4.21. The molecule has 16 heavy (non-hydrogen) atoms. The molecular weight excluding hydrogens is 270 g/mol. The maximum Gasteiger partial charge on any atom is 0.120 e. The van der Waals surface area contributed by atoms with Gasteiger partial charge in [0.25, 0.3) is 0 Å². The van der Waals surface area contributed by atoms with Crippen molar-refractivity contribution in [2.45, 2.75) is 13.0 Å². The molecule has 1 aliphatic rings. The van der Waals surface area contributed by atoms with Crippen molar-refractivity contribution >= 4 is 15.9 Å². The Morgan fingerprint density at radius 3 is 3.00 bits per heavy atom. The number of hydrogen-bond donors (Lipinski definition) is 1. The molecular formula is C12H16BrNO2. The number of nitrogens with two attached hydrogens (primary N) is 1. The summed E-state index contributed by atoms with van der Waals surface area (Å²) in [7, 11) is 0. The SMILES string of the molecule is NCc1ccc(OCC2CCOC2)cc1Br. The smallest absolute Gasteiger partial charge is 0.120 e. The van der Waals surface area contributed by atoms with Crippen molar-refractivity contribution in [1.82, 2.24) is 0 Å². The summed E-state index contributed by atoms with van der Waals surface area (Å²) in [5.74, 6) is 1.42. The third-order valence-corrected chi connectivity index (χ3v) is 3.49. The molecule has 1 aromatic carbocycles. The highest BCUT2D eigenvalue weighted by atomic mass is 79.9. The highest BCUT2D eigenvalue weighted by molar-refractivity contribution is 9.10. The van der Waals surface area contributed by atoms with Gasteiger partial charge in [-0.15, -0.1) is 0 Å². The number of benzene rings is 1. The van der Waals surface area contributed by atoms with Crippen LogP contribution in [0.3, 0.4) is 0 Å². The third kappa shape index (κ3) is 2.97. The van der Waals surface area contributed by atoms with E-state index in [1.54, 1.807) is 0 Å². The molecule has 3 nitrogen and oxygen atoms in total. The average molecular weight is 286 g/mol. The first-order valence-electron chi connectivity index (χ1n) is 5.48. The van der Waals surface area contributed by atoms with Crippen molar-refractivity contribution in [3.05, 3.63) is 28.2 Å². The molecule has 1 aromatic rings. The Labute approximate surface area is 104 Å². The van der Waals surface area contributed by atoms with Crippen molar-refractivity contribution in [2.75, 3.05) is 19.8 Å². The van der Waals surface area contributed by atoms with Crippen LogP contribution in [0.5, 0.6) is 5.75 Å². The minimum Gasteiger partial charge on any atom is -0.493 e. The summed E-state index contributed by atoms with van der Waals surface area (Å²) in [6, 6.07) is 5.92. The average Bonchev–Trinajstić information content (AvgIpc) is 2.79. The first-order valence-corrected chi connectivity index (χ1v) is 6.28. The zero-order chi connectivity index (χ0) is 11.4. The first-order chi connectivity index (χ1) is 7.79. The molecule has 1 atom stereocenters. The van der Waals surface area contributed by atoms with Gasteiger partial charge >= 0.3 is 0 Å². The van der Waals surface area contributed by atoms with Crippen LogP contribution in [0.2, 0.25) is 0 Å². The summed E-state index contributed by atoms with van der Waals surface area (Å²) >= 11 is 3.48. The van der Waals surface area contributed by atoms with E-state index in [0.717, 1.165) is 42.0 Å². The van der Waals surface area contributed by atoms with Gasteiger partial charge in [-0.05, 0) is 24.1 Å². The van der Waals surface area contributed by atoms with E-state index in [2.05, 4.69) is 15.9 Å². The topological polar surface area (TPSA) is 44.5 Å². The van der Waals surface area contributed by atoms with Crippen molar-refractivity contribution in [2.24, 2.45) is 11.7 Å². The number of halogens is 1. The Morgan fingerprint density at radius 2 is 2.38 bits per heavy atom. The second-order valence-electron chi connectivity index (χ2n) is 4.00. The normalized spacial score (nSPS) is 20.0. The van der Waals surface area contributed by atoms with E-state index in [-0.39, 0.29) is 0 Å². The molecule has 2 rings (SSSR count). The third-order valence-electron chi connectivity index (χ3n) is 2.75. The van der Waals surface area contributed by atoms with E-state index in [1.807, 2.05) is 18.2 Å². The molecule has 0 radical (unpaired) electrons. The lowest BCUT2D eigenvalue weighted by molar-refractivity contribution is 0.167. The molecule has 0 spiro atoms. The molecule has 0 aliphatic carbocycles. The second-order valence-corrected chi connectivity index (χ2v) is 4.85. The summed E-state index contributed by atoms with van der Waals surface area (Å²) in [6.45, 7) is 2.96. The van der Waals surface area contributed by atoms with Crippen LogP contribution < -0.4 is 10.5 Å². The molecule has 2 N–H and O–H groups in total. The molecule has 1 unspecified atom stereocenters. The largest absolute Gasteiger partial charge is 0.493 e. The highest BCUT2D eigenvalue weighted by Gasteiger charge is 2.16. The van der Waals surface area contributed by atoms with Crippen LogP contribution in [-0.2, 0) is 11.3 Å². The van der Waals surface area contributed by atoms with E-state index in [4.69, 9.17) is 15.2 Å². The van der Waals surface area contributed by atoms with Gasteiger partial charge in [-0.25, -0.2) is 0 Å². The van der Waals surface area contributed by atoms with Gasteiger partial charge in [-0.2, -0.15) is 0 Å². The van der Waals surface area contributed by atoms with E-state index in [1.165, 1.54) is 0 Å². The van der Waals surface area contributed by atoms with Crippen molar-refractivity contribution in [3.63, 3.8) is 0 Å². The van der Waals surface area contributed by atoms with Crippen LogP contribution in [-0.4, -0.2) is 19.8 Å². The van der Waals surface area contributed by atoms with E-state index >= 15 is 0 Å². The zero-order valence-corrected chi connectivity index (χ0v) is 10.7. The molecule has 0 amide bonds. The summed E-state index contributed by atoms with van der Waals surface area (Å²) in [6.07, 6.45) is 1.10. The molecule has 1 heterocycles. The van der Waals surface area contributed by atoms with Crippen LogP contribution in [0.25, 0.3) is 0 Å². The van der Waals surface area contributed by atoms with Crippen molar-refractivity contribution in [3.8, 4) is 5.75 Å². The Hall–Kier alpha value is -0.580. The van der Waals surface area contributed by atoms with Crippen LogP contribution in [0.15, 0.2) is 22.7 Å². The lowest BCUT2D eigenvalue weighted by Gasteiger charge is -2.11. The first kappa shape index (κ1) is 11.9. The molecule has 1 saturated heterocycles.